The topological polar surface area (TPSA) is 52.1 Å². The van der Waals surface area contributed by atoms with Crippen molar-refractivity contribution < 1.29 is 4.74 Å². The largest absolute Gasteiger partial charge is 0.496 e. The van der Waals surface area contributed by atoms with Crippen molar-refractivity contribution in [3.63, 3.8) is 0 Å². The first-order chi connectivity index (χ1) is 14.1. The van der Waals surface area contributed by atoms with E-state index in [4.69, 9.17) is 4.74 Å². The monoisotopic (exact) mass is 529 g/mol. The molecule has 2 heterocycles. The second-order valence-corrected chi connectivity index (χ2v) is 8.50. The zero-order valence-corrected chi connectivity index (χ0v) is 21.4. The van der Waals surface area contributed by atoms with Gasteiger partial charge in [-0.1, -0.05) is 18.2 Å². The molecule has 0 spiro atoms. The van der Waals surface area contributed by atoms with Gasteiger partial charge >= 0.3 is 0 Å². The molecule has 0 aliphatic carbocycles. The van der Waals surface area contributed by atoms with Gasteiger partial charge in [0.15, 0.2) is 5.96 Å². The Balaban J connectivity index is 0.00000320. The molecule has 0 aromatic heterocycles. The predicted molar refractivity (Wildman–Crippen MR) is 136 cm³/mol. The van der Waals surface area contributed by atoms with Crippen molar-refractivity contribution in [1.29, 1.82) is 0 Å². The Labute approximate surface area is 199 Å². The number of aliphatic imine (C=N–C) groups is 1. The van der Waals surface area contributed by atoms with Gasteiger partial charge in [-0.05, 0) is 58.7 Å². The highest BCUT2D eigenvalue weighted by Gasteiger charge is 2.27. The summed E-state index contributed by atoms with van der Waals surface area (Å²) in [5.41, 5.74) is 1.25. The van der Waals surface area contributed by atoms with Crippen molar-refractivity contribution >= 4 is 29.9 Å². The summed E-state index contributed by atoms with van der Waals surface area (Å²) in [5, 5.41) is 7.26. The minimum Gasteiger partial charge on any atom is -0.496 e. The summed E-state index contributed by atoms with van der Waals surface area (Å²) in [4.78, 5) is 9.63. The first-order valence-electron chi connectivity index (χ1n) is 11.2. The third-order valence-electron chi connectivity index (χ3n) is 6.37. The maximum atomic E-state index is 5.66. The number of ether oxygens (including phenoxy) is 1. The van der Waals surface area contributed by atoms with Crippen LogP contribution in [0.1, 0.15) is 51.1 Å². The average molecular weight is 530 g/mol. The van der Waals surface area contributed by atoms with Gasteiger partial charge in [0.05, 0.1) is 13.2 Å². The van der Waals surface area contributed by atoms with Crippen LogP contribution in [0.3, 0.4) is 0 Å². The van der Waals surface area contributed by atoms with Crippen molar-refractivity contribution in [2.24, 2.45) is 4.99 Å². The summed E-state index contributed by atoms with van der Waals surface area (Å²) in [6.45, 7) is 9.99. The summed E-state index contributed by atoms with van der Waals surface area (Å²) in [5.74, 6) is 1.88. The number of nitrogens with zero attached hydrogens (tertiary/aromatic N) is 3. The Bertz CT molecular complexity index is 655. The van der Waals surface area contributed by atoms with Crippen LogP contribution in [0.15, 0.2) is 29.3 Å². The Morgan fingerprint density at radius 3 is 2.37 bits per heavy atom. The molecule has 0 saturated carbocycles. The van der Waals surface area contributed by atoms with Gasteiger partial charge in [0, 0.05) is 44.3 Å². The Kier molecular flexibility index (Phi) is 10.7. The van der Waals surface area contributed by atoms with E-state index in [0.717, 1.165) is 44.4 Å². The summed E-state index contributed by atoms with van der Waals surface area (Å²) in [7, 11) is 3.63. The molecule has 1 unspecified atom stereocenters. The van der Waals surface area contributed by atoms with Crippen molar-refractivity contribution in [3.05, 3.63) is 29.8 Å². The fourth-order valence-corrected chi connectivity index (χ4v) is 4.57. The standard InChI is InChI=1S/C23H39N5O.HI/c1-18(2)27-15-11-19(12-16-27)26-23(24-3)25-17-21(28-13-7-8-14-28)20-9-5-6-10-22(20)29-4;/h5-6,9-10,18-19,21H,7-8,11-17H2,1-4H3,(H2,24,25,26);1H. The van der Waals surface area contributed by atoms with Crippen LogP contribution in [0.2, 0.25) is 0 Å². The van der Waals surface area contributed by atoms with E-state index in [1.54, 1.807) is 7.11 Å². The Morgan fingerprint density at radius 2 is 1.77 bits per heavy atom. The lowest BCUT2D eigenvalue weighted by Gasteiger charge is -2.35. The first kappa shape index (κ1) is 25.2. The maximum absolute atomic E-state index is 5.66. The lowest BCUT2D eigenvalue weighted by Crippen LogP contribution is -2.51. The van der Waals surface area contributed by atoms with E-state index < -0.39 is 0 Å². The molecular weight excluding hydrogens is 489 g/mol. The number of para-hydroxylation sites is 1. The van der Waals surface area contributed by atoms with Crippen LogP contribution >= 0.6 is 24.0 Å². The number of piperidine rings is 1. The van der Waals surface area contributed by atoms with E-state index >= 15 is 0 Å². The fraction of sp³-hybridized carbons (Fsp3) is 0.696. The fourth-order valence-electron chi connectivity index (χ4n) is 4.57. The van der Waals surface area contributed by atoms with E-state index in [9.17, 15) is 0 Å². The molecule has 3 rings (SSSR count). The molecular formula is C23H40IN5O. The maximum Gasteiger partial charge on any atom is 0.191 e. The molecule has 7 heteroatoms. The summed E-state index contributed by atoms with van der Waals surface area (Å²) in [6.07, 6.45) is 4.88. The SMILES string of the molecule is CN=C(NCC(c1ccccc1OC)N1CCCC1)NC1CCN(C(C)C)CC1.I. The molecule has 1 aromatic rings. The second kappa shape index (κ2) is 12.7. The number of benzene rings is 1. The predicted octanol–water partition coefficient (Wildman–Crippen LogP) is 3.49. The minimum atomic E-state index is 0. The highest BCUT2D eigenvalue weighted by molar-refractivity contribution is 14.0. The molecule has 1 atom stereocenters. The lowest BCUT2D eigenvalue weighted by molar-refractivity contribution is 0.167. The van der Waals surface area contributed by atoms with Crippen LogP contribution < -0.4 is 15.4 Å². The van der Waals surface area contributed by atoms with Crippen molar-refractivity contribution in [1.82, 2.24) is 20.4 Å². The van der Waals surface area contributed by atoms with Gasteiger partial charge in [0.25, 0.3) is 0 Å². The molecule has 170 valence electrons. The molecule has 30 heavy (non-hydrogen) atoms. The van der Waals surface area contributed by atoms with E-state index in [2.05, 4.69) is 57.5 Å². The minimum absolute atomic E-state index is 0. The van der Waals surface area contributed by atoms with Crippen LogP contribution in [-0.4, -0.2) is 74.7 Å². The van der Waals surface area contributed by atoms with Gasteiger partial charge in [0.2, 0.25) is 0 Å². The Hall–Kier alpha value is -1.06. The number of methoxy groups -OCH3 is 1. The summed E-state index contributed by atoms with van der Waals surface area (Å²) >= 11 is 0. The number of hydrogen-bond donors (Lipinski definition) is 2. The van der Waals surface area contributed by atoms with Gasteiger partial charge in [-0.3, -0.25) is 9.89 Å². The van der Waals surface area contributed by atoms with Crippen LogP contribution in [0, 0.1) is 0 Å². The number of halogens is 1. The number of hydrogen-bond acceptors (Lipinski definition) is 4. The second-order valence-electron chi connectivity index (χ2n) is 8.50. The van der Waals surface area contributed by atoms with E-state index in [-0.39, 0.29) is 30.0 Å². The van der Waals surface area contributed by atoms with E-state index in [1.165, 1.54) is 31.2 Å². The highest BCUT2D eigenvalue weighted by Crippen LogP contribution is 2.31. The third-order valence-corrected chi connectivity index (χ3v) is 6.37. The lowest BCUT2D eigenvalue weighted by atomic mass is 10.0. The van der Waals surface area contributed by atoms with Gasteiger partial charge < -0.3 is 20.3 Å². The quantitative estimate of drug-likeness (QED) is 0.322. The molecule has 0 bridgehead atoms. The molecule has 2 aliphatic heterocycles. The normalized spacial score (nSPS) is 20.1. The summed E-state index contributed by atoms with van der Waals surface area (Å²) in [6, 6.07) is 9.82. The molecule has 0 radical (unpaired) electrons. The number of likely N-dealkylation sites (tertiary alicyclic amines) is 2. The molecule has 2 N–H and O–H groups in total. The molecule has 1 aromatic carbocycles. The van der Waals surface area contributed by atoms with Crippen molar-refractivity contribution in [3.8, 4) is 5.75 Å². The van der Waals surface area contributed by atoms with Crippen LogP contribution in [0.25, 0.3) is 0 Å². The summed E-state index contributed by atoms with van der Waals surface area (Å²) < 4.78 is 5.66. The van der Waals surface area contributed by atoms with Crippen LogP contribution in [0.4, 0.5) is 0 Å². The van der Waals surface area contributed by atoms with Crippen molar-refractivity contribution in [2.75, 3.05) is 46.9 Å². The molecule has 0 amide bonds. The molecule has 6 nitrogen and oxygen atoms in total. The van der Waals surface area contributed by atoms with Crippen LogP contribution in [0.5, 0.6) is 5.75 Å². The van der Waals surface area contributed by atoms with Gasteiger partial charge in [0.1, 0.15) is 5.75 Å². The zero-order valence-electron chi connectivity index (χ0n) is 19.1. The number of nitrogens with one attached hydrogen (secondary N) is 2. The molecule has 2 saturated heterocycles. The molecule has 2 fully saturated rings. The third kappa shape index (κ3) is 6.72. The number of guanidine groups is 1. The smallest absolute Gasteiger partial charge is 0.191 e. The van der Waals surface area contributed by atoms with E-state index in [1.807, 2.05) is 13.1 Å². The van der Waals surface area contributed by atoms with Gasteiger partial charge in [-0.25, -0.2) is 0 Å². The van der Waals surface area contributed by atoms with Crippen LogP contribution in [-0.2, 0) is 0 Å². The van der Waals surface area contributed by atoms with E-state index in [0.29, 0.717) is 12.1 Å². The highest BCUT2D eigenvalue weighted by atomic mass is 127. The van der Waals surface area contributed by atoms with Gasteiger partial charge in [-0.15, -0.1) is 24.0 Å². The first-order valence-corrected chi connectivity index (χ1v) is 11.2. The Morgan fingerprint density at radius 1 is 1.10 bits per heavy atom. The zero-order chi connectivity index (χ0) is 20.6. The average Bonchev–Trinajstić information content (AvgIpc) is 3.28. The van der Waals surface area contributed by atoms with Gasteiger partial charge in [-0.2, -0.15) is 0 Å². The van der Waals surface area contributed by atoms with Crippen molar-refractivity contribution in [2.45, 2.75) is 57.7 Å². The number of rotatable bonds is 7. The molecule has 2 aliphatic rings.